The van der Waals surface area contributed by atoms with Crippen molar-refractivity contribution in [2.75, 3.05) is 13.2 Å². The summed E-state index contributed by atoms with van der Waals surface area (Å²) in [7, 11) is 0. The summed E-state index contributed by atoms with van der Waals surface area (Å²) in [5, 5.41) is 0. The van der Waals surface area contributed by atoms with Gasteiger partial charge in [-0.25, -0.2) is 0 Å². The van der Waals surface area contributed by atoms with Crippen molar-refractivity contribution >= 4 is 0 Å². The lowest BCUT2D eigenvalue weighted by atomic mass is 10.2. The normalized spacial score (nSPS) is 9.08. The van der Waals surface area contributed by atoms with Crippen molar-refractivity contribution in [1.82, 2.24) is 0 Å². The number of ether oxygens (including phenoxy) is 1. The molecule has 0 aromatic heterocycles. The van der Waals surface area contributed by atoms with E-state index in [1.165, 1.54) is 19.3 Å². The van der Waals surface area contributed by atoms with Gasteiger partial charge >= 0.3 is 0 Å². The molecule has 0 aliphatic heterocycles. The molecular weight excluding hydrogens is 160 g/mol. The summed E-state index contributed by atoms with van der Waals surface area (Å²) in [6, 6.07) is 0. The lowest BCUT2D eigenvalue weighted by Crippen LogP contribution is -1.94. The zero-order chi connectivity index (χ0) is 9.94. The van der Waals surface area contributed by atoms with Crippen LogP contribution in [0.4, 0.5) is 0 Å². The van der Waals surface area contributed by atoms with Crippen molar-refractivity contribution in [2.24, 2.45) is 0 Å². The van der Waals surface area contributed by atoms with E-state index in [0.29, 0.717) is 13.2 Å². The summed E-state index contributed by atoms with van der Waals surface area (Å²) < 4.78 is 5.23. The Balaban J connectivity index is 3.15. The van der Waals surface area contributed by atoms with E-state index in [1.807, 2.05) is 6.92 Å². The van der Waals surface area contributed by atoms with Crippen LogP contribution in [0.25, 0.3) is 0 Å². The predicted molar refractivity (Wildman–Crippen MR) is 57.6 cm³/mol. The largest absolute Gasteiger partial charge is 0.364 e. The van der Waals surface area contributed by atoms with Crippen LogP contribution < -0.4 is 0 Å². The van der Waals surface area contributed by atoms with Crippen molar-refractivity contribution in [3.8, 4) is 11.8 Å². The Hall–Kier alpha value is -0.740. The minimum absolute atomic E-state index is 0.541. The second-order valence-electron chi connectivity index (χ2n) is 3.26. The molecule has 0 rings (SSSR count). The van der Waals surface area contributed by atoms with Crippen LogP contribution >= 0.6 is 0 Å². The van der Waals surface area contributed by atoms with Gasteiger partial charge in [-0.05, 0) is 13.3 Å². The Morgan fingerprint density at radius 2 is 2.08 bits per heavy atom. The molecule has 0 bridgehead atoms. The van der Waals surface area contributed by atoms with E-state index in [1.54, 1.807) is 0 Å². The molecule has 0 aromatic rings. The molecule has 0 aliphatic rings. The molecule has 74 valence electrons. The first-order valence-corrected chi connectivity index (χ1v) is 4.95. The molecule has 0 aromatic carbocycles. The number of rotatable bonds is 6. The summed E-state index contributed by atoms with van der Waals surface area (Å²) in [6.45, 7) is 9.06. The van der Waals surface area contributed by atoms with E-state index in [2.05, 4.69) is 25.3 Å². The highest BCUT2D eigenvalue weighted by atomic mass is 16.5. The first-order chi connectivity index (χ1) is 6.27. The Morgan fingerprint density at radius 3 is 2.69 bits per heavy atom. The standard InChI is InChI=1S/C12H20O/c1-4-5-6-7-8-9-10-13-11-12(2)3/h2,4-7,10-11H2,1,3H3. The minimum Gasteiger partial charge on any atom is -0.364 e. The van der Waals surface area contributed by atoms with Gasteiger partial charge in [0.15, 0.2) is 0 Å². The van der Waals surface area contributed by atoms with Crippen LogP contribution in [0.1, 0.15) is 39.5 Å². The molecule has 0 spiro atoms. The maximum absolute atomic E-state index is 5.23. The van der Waals surface area contributed by atoms with E-state index in [-0.39, 0.29) is 0 Å². The lowest BCUT2D eigenvalue weighted by Gasteiger charge is -1.96. The van der Waals surface area contributed by atoms with Crippen molar-refractivity contribution in [1.29, 1.82) is 0 Å². The Kier molecular flexibility index (Phi) is 8.82. The Morgan fingerprint density at radius 1 is 1.31 bits per heavy atom. The summed E-state index contributed by atoms with van der Waals surface area (Å²) in [5.41, 5.74) is 1.05. The average molecular weight is 180 g/mol. The molecule has 0 N–H and O–H groups in total. The third kappa shape index (κ3) is 11.3. The first-order valence-electron chi connectivity index (χ1n) is 4.95. The SMILES string of the molecule is C=C(C)COCC#CCCCCC. The van der Waals surface area contributed by atoms with Crippen LogP contribution in [0.15, 0.2) is 12.2 Å². The highest BCUT2D eigenvalue weighted by Gasteiger charge is 1.83. The molecule has 0 amide bonds. The molecule has 1 nitrogen and oxygen atoms in total. The molecule has 0 saturated carbocycles. The molecule has 0 heterocycles. The topological polar surface area (TPSA) is 9.23 Å². The minimum atomic E-state index is 0.541. The van der Waals surface area contributed by atoms with Gasteiger partial charge in [0, 0.05) is 6.42 Å². The fourth-order valence-electron chi connectivity index (χ4n) is 0.879. The fraction of sp³-hybridized carbons (Fsp3) is 0.667. The van der Waals surface area contributed by atoms with Crippen molar-refractivity contribution in [3.63, 3.8) is 0 Å². The van der Waals surface area contributed by atoms with Gasteiger partial charge < -0.3 is 4.74 Å². The molecule has 0 unspecified atom stereocenters. The Labute approximate surface area is 82.2 Å². The summed E-state index contributed by atoms with van der Waals surface area (Å²) in [4.78, 5) is 0. The van der Waals surface area contributed by atoms with Crippen molar-refractivity contribution < 1.29 is 4.74 Å². The first kappa shape index (κ1) is 12.3. The van der Waals surface area contributed by atoms with Gasteiger partial charge in [0.1, 0.15) is 6.61 Å². The average Bonchev–Trinajstić information content (AvgIpc) is 2.09. The van der Waals surface area contributed by atoms with E-state index in [4.69, 9.17) is 4.74 Å². The van der Waals surface area contributed by atoms with Gasteiger partial charge in [0.2, 0.25) is 0 Å². The van der Waals surface area contributed by atoms with Crippen LogP contribution in [0.5, 0.6) is 0 Å². The van der Waals surface area contributed by atoms with Gasteiger partial charge in [0.05, 0.1) is 6.61 Å². The third-order valence-corrected chi connectivity index (χ3v) is 1.55. The predicted octanol–water partition coefficient (Wildman–Crippen LogP) is 3.16. The highest BCUT2D eigenvalue weighted by molar-refractivity contribution is 4.99. The van der Waals surface area contributed by atoms with E-state index in [9.17, 15) is 0 Å². The maximum Gasteiger partial charge on any atom is 0.108 e. The molecule has 0 saturated heterocycles. The fourth-order valence-corrected chi connectivity index (χ4v) is 0.879. The summed E-state index contributed by atoms with van der Waals surface area (Å²) in [6.07, 6.45) is 4.75. The van der Waals surface area contributed by atoms with E-state index in [0.717, 1.165) is 12.0 Å². The third-order valence-electron chi connectivity index (χ3n) is 1.55. The van der Waals surface area contributed by atoms with Crippen LogP contribution in [0.2, 0.25) is 0 Å². The zero-order valence-electron chi connectivity index (χ0n) is 8.86. The zero-order valence-corrected chi connectivity index (χ0v) is 8.86. The maximum atomic E-state index is 5.23. The molecule has 0 aliphatic carbocycles. The van der Waals surface area contributed by atoms with Gasteiger partial charge in [-0.15, -0.1) is 5.92 Å². The van der Waals surface area contributed by atoms with Crippen LogP contribution in [-0.2, 0) is 4.74 Å². The van der Waals surface area contributed by atoms with Crippen LogP contribution in [-0.4, -0.2) is 13.2 Å². The van der Waals surface area contributed by atoms with Crippen LogP contribution in [0, 0.1) is 11.8 Å². The van der Waals surface area contributed by atoms with Gasteiger partial charge in [-0.3, -0.25) is 0 Å². The highest BCUT2D eigenvalue weighted by Crippen LogP contribution is 1.96. The number of hydrogen-bond acceptors (Lipinski definition) is 1. The summed E-state index contributed by atoms with van der Waals surface area (Å²) in [5.74, 6) is 6.08. The molecule has 13 heavy (non-hydrogen) atoms. The van der Waals surface area contributed by atoms with Gasteiger partial charge in [-0.1, -0.05) is 37.8 Å². The summed E-state index contributed by atoms with van der Waals surface area (Å²) >= 11 is 0. The van der Waals surface area contributed by atoms with Crippen molar-refractivity contribution in [3.05, 3.63) is 12.2 Å². The number of unbranched alkanes of at least 4 members (excludes halogenated alkanes) is 3. The van der Waals surface area contributed by atoms with E-state index < -0.39 is 0 Å². The molecule has 0 radical (unpaired) electrons. The number of hydrogen-bond donors (Lipinski definition) is 0. The smallest absolute Gasteiger partial charge is 0.108 e. The second kappa shape index (κ2) is 9.35. The second-order valence-corrected chi connectivity index (χ2v) is 3.26. The quantitative estimate of drug-likeness (QED) is 0.346. The molecule has 0 fully saturated rings. The Bertz CT molecular complexity index is 183. The van der Waals surface area contributed by atoms with Crippen molar-refractivity contribution in [2.45, 2.75) is 39.5 Å². The molecular formula is C12H20O. The van der Waals surface area contributed by atoms with Crippen LogP contribution in [0.3, 0.4) is 0 Å². The molecule has 0 atom stereocenters. The van der Waals surface area contributed by atoms with Gasteiger partial charge in [0.25, 0.3) is 0 Å². The lowest BCUT2D eigenvalue weighted by molar-refractivity contribution is 0.192. The molecule has 1 heteroatoms. The van der Waals surface area contributed by atoms with E-state index >= 15 is 0 Å². The monoisotopic (exact) mass is 180 g/mol. The van der Waals surface area contributed by atoms with Gasteiger partial charge in [-0.2, -0.15) is 0 Å².